The van der Waals surface area contributed by atoms with E-state index in [0.717, 1.165) is 42.6 Å². The van der Waals surface area contributed by atoms with Crippen molar-refractivity contribution in [3.8, 4) is 5.75 Å². The molecule has 0 radical (unpaired) electrons. The van der Waals surface area contributed by atoms with Crippen molar-refractivity contribution in [2.45, 2.75) is 37.7 Å². The number of fused-ring (bicyclic) bond motifs is 1. The van der Waals surface area contributed by atoms with Gasteiger partial charge in [-0.15, -0.1) is 0 Å². The molecule has 144 valence electrons. The minimum Gasteiger partial charge on any atom is -0.497 e. The first-order valence-electron chi connectivity index (χ1n) is 9.56. The second kappa shape index (κ2) is 8.91. The molecule has 1 aliphatic rings. The van der Waals surface area contributed by atoms with Crippen LogP contribution in [0.1, 0.15) is 36.0 Å². The van der Waals surface area contributed by atoms with Crippen molar-refractivity contribution in [3.63, 3.8) is 0 Å². The Hall–Kier alpha value is -2.53. The zero-order valence-corrected chi connectivity index (χ0v) is 15.8. The number of aryl methyl sites for hydroxylation is 2. The standard InChI is InChI=1S/C22H28N2O3/c1-27-19-11-12-20-18(15-19)10-5-13-22(20,26)16-24-21(25)23-14-6-9-17-7-3-2-4-8-17/h2-4,7-8,11-12,15,26H,5-6,9-10,13-14,16H2,1H3,(H2,23,24,25). The Kier molecular flexibility index (Phi) is 6.35. The molecular weight excluding hydrogens is 340 g/mol. The minimum absolute atomic E-state index is 0.205. The summed E-state index contributed by atoms with van der Waals surface area (Å²) in [6.45, 7) is 0.809. The van der Waals surface area contributed by atoms with Crippen LogP contribution in [0.3, 0.4) is 0 Å². The summed E-state index contributed by atoms with van der Waals surface area (Å²) >= 11 is 0. The topological polar surface area (TPSA) is 70.6 Å². The molecule has 5 nitrogen and oxygen atoms in total. The minimum atomic E-state index is -1.03. The number of methoxy groups -OCH3 is 1. The molecule has 2 aromatic carbocycles. The molecule has 0 bridgehead atoms. The summed E-state index contributed by atoms with van der Waals surface area (Å²) in [5, 5.41) is 16.8. The van der Waals surface area contributed by atoms with Crippen LogP contribution in [0.2, 0.25) is 0 Å². The molecular formula is C22H28N2O3. The first-order valence-corrected chi connectivity index (χ1v) is 9.56. The van der Waals surface area contributed by atoms with Crippen molar-refractivity contribution in [2.75, 3.05) is 20.2 Å². The summed E-state index contributed by atoms with van der Waals surface area (Å²) in [5.74, 6) is 0.794. The zero-order valence-electron chi connectivity index (χ0n) is 15.8. The Labute approximate surface area is 160 Å². The fourth-order valence-electron chi connectivity index (χ4n) is 3.68. The van der Waals surface area contributed by atoms with Crippen LogP contribution in [0.25, 0.3) is 0 Å². The lowest BCUT2D eigenvalue weighted by atomic mass is 9.79. The van der Waals surface area contributed by atoms with Gasteiger partial charge >= 0.3 is 6.03 Å². The van der Waals surface area contributed by atoms with E-state index in [1.165, 1.54) is 5.56 Å². The van der Waals surface area contributed by atoms with E-state index < -0.39 is 5.60 Å². The summed E-state index contributed by atoms with van der Waals surface area (Å²) < 4.78 is 5.27. The van der Waals surface area contributed by atoms with Crippen molar-refractivity contribution < 1.29 is 14.6 Å². The molecule has 0 fully saturated rings. The number of hydrogen-bond acceptors (Lipinski definition) is 3. The van der Waals surface area contributed by atoms with Gasteiger partial charge in [-0.25, -0.2) is 4.79 Å². The molecule has 0 aliphatic heterocycles. The number of amides is 2. The number of nitrogens with one attached hydrogen (secondary N) is 2. The number of rotatable bonds is 7. The number of aliphatic hydroxyl groups is 1. The molecule has 0 heterocycles. The van der Waals surface area contributed by atoms with E-state index in [2.05, 4.69) is 22.8 Å². The van der Waals surface area contributed by atoms with Crippen LogP contribution in [0.4, 0.5) is 4.79 Å². The van der Waals surface area contributed by atoms with Gasteiger partial charge < -0.3 is 20.5 Å². The molecule has 1 aliphatic carbocycles. The monoisotopic (exact) mass is 368 g/mol. The average molecular weight is 368 g/mol. The zero-order chi connectivity index (χ0) is 19.1. The van der Waals surface area contributed by atoms with Crippen LogP contribution < -0.4 is 15.4 Å². The molecule has 0 saturated heterocycles. The first-order chi connectivity index (χ1) is 13.1. The van der Waals surface area contributed by atoms with Crippen LogP contribution in [0, 0.1) is 0 Å². The highest BCUT2D eigenvalue weighted by molar-refractivity contribution is 5.73. The van der Waals surface area contributed by atoms with Crippen LogP contribution >= 0.6 is 0 Å². The molecule has 0 saturated carbocycles. The van der Waals surface area contributed by atoms with Gasteiger partial charge in [-0.1, -0.05) is 36.4 Å². The Morgan fingerprint density at radius 3 is 2.78 bits per heavy atom. The van der Waals surface area contributed by atoms with E-state index in [4.69, 9.17) is 4.74 Å². The van der Waals surface area contributed by atoms with Gasteiger partial charge in [0.25, 0.3) is 0 Å². The van der Waals surface area contributed by atoms with Gasteiger partial charge in [0.15, 0.2) is 0 Å². The van der Waals surface area contributed by atoms with E-state index in [9.17, 15) is 9.90 Å². The van der Waals surface area contributed by atoms with E-state index >= 15 is 0 Å². The molecule has 5 heteroatoms. The molecule has 3 rings (SSSR count). The van der Waals surface area contributed by atoms with E-state index in [1.807, 2.05) is 36.4 Å². The molecule has 3 N–H and O–H groups in total. The predicted molar refractivity (Wildman–Crippen MR) is 106 cm³/mol. The van der Waals surface area contributed by atoms with Gasteiger partial charge in [0.05, 0.1) is 13.7 Å². The van der Waals surface area contributed by atoms with E-state index in [0.29, 0.717) is 13.0 Å². The van der Waals surface area contributed by atoms with Crippen LogP contribution in [0.5, 0.6) is 5.75 Å². The summed E-state index contributed by atoms with van der Waals surface area (Å²) in [4.78, 5) is 12.1. The highest BCUT2D eigenvalue weighted by Gasteiger charge is 2.34. The summed E-state index contributed by atoms with van der Waals surface area (Å²) in [6.07, 6.45) is 4.25. The maximum atomic E-state index is 12.1. The third-order valence-electron chi connectivity index (χ3n) is 5.16. The van der Waals surface area contributed by atoms with Crippen molar-refractivity contribution in [1.82, 2.24) is 10.6 Å². The lowest BCUT2D eigenvalue weighted by molar-refractivity contribution is 0.0216. The van der Waals surface area contributed by atoms with E-state index in [1.54, 1.807) is 7.11 Å². The van der Waals surface area contributed by atoms with Crippen LogP contribution in [-0.2, 0) is 18.4 Å². The maximum Gasteiger partial charge on any atom is 0.314 e. The number of ether oxygens (including phenoxy) is 1. The Balaban J connectivity index is 1.47. The van der Waals surface area contributed by atoms with Crippen molar-refractivity contribution >= 4 is 6.03 Å². The number of hydrogen-bond donors (Lipinski definition) is 3. The lowest BCUT2D eigenvalue weighted by Crippen LogP contribution is -2.46. The Bertz CT molecular complexity index is 763. The van der Waals surface area contributed by atoms with Gasteiger partial charge in [-0.3, -0.25) is 0 Å². The molecule has 1 atom stereocenters. The van der Waals surface area contributed by atoms with Crippen molar-refractivity contribution in [3.05, 3.63) is 65.2 Å². The normalized spacial score (nSPS) is 18.4. The highest BCUT2D eigenvalue weighted by Crippen LogP contribution is 2.36. The quantitative estimate of drug-likeness (QED) is 0.658. The summed E-state index contributed by atoms with van der Waals surface area (Å²) in [5.41, 5.74) is 2.22. The third-order valence-corrected chi connectivity index (χ3v) is 5.16. The van der Waals surface area contributed by atoms with Gasteiger partial charge in [0.2, 0.25) is 0 Å². The highest BCUT2D eigenvalue weighted by atomic mass is 16.5. The molecule has 2 amide bonds. The molecule has 27 heavy (non-hydrogen) atoms. The maximum absolute atomic E-state index is 12.1. The van der Waals surface area contributed by atoms with Gasteiger partial charge in [0.1, 0.15) is 11.4 Å². The smallest absolute Gasteiger partial charge is 0.314 e. The van der Waals surface area contributed by atoms with Crippen molar-refractivity contribution in [1.29, 1.82) is 0 Å². The van der Waals surface area contributed by atoms with E-state index in [-0.39, 0.29) is 12.6 Å². The molecule has 0 spiro atoms. The van der Waals surface area contributed by atoms with Crippen LogP contribution in [-0.4, -0.2) is 31.3 Å². The average Bonchev–Trinajstić information content (AvgIpc) is 2.70. The predicted octanol–water partition coefficient (Wildman–Crippen LogP) is 3.15. The van der Waals surface area contributed by atoms with Gasteiger partial charge in [0, 0.05) is 6.54 Å². The number of benzene rings is 2. The molecule has 1 unspecified atom stereocenters. The number of urea groups is 1. The fourth-order valence-corrected chi connectivity index (χ4v) is 3.68. The first kappa shape index (κ1) is 19.2. The summed E-state index contributed by atoms with van der Waals surface area (Å²) in [7, 11) is 1.64. The Morgan fingerprint density at radius 2 is 2.00 bits per heavy atom. The SMILES string of the molecule is COc1ccc2c(c1)CCCC2(O)CNC(=O)NCCCc1ccccc1. The second-order valence-corrected chi connectivity index (χ2v) is 7.11. The lowest BCUT2D eigenvalue weighted by Gasteiger charge is -2.34. The van der Waals surface area contributed by atoms with Gasteiger partial charge in [-0.2, -0.15) is 0 Å². The number of carbonyl (C=O) groups excluding carboxylic acids is 1. The number of carbonyl (C=O) groups is 1. The largest absolute Gasteiger partial charge is 0.497 e. The molecule has 0 aromatic heterocycles. The fraction of sp³-hybridized carbons (Fsp3) is 0.409. The van der Waals surface area contributed by atoms with Crippen LogP contribution in [0.15, 0.2) is 48.5 Å². The third kappa shape index (κ3) is 5.01. The molecule has 2 aromatic rings. The Morgan fingerprint density at radius 1 is 1.19 bits per heavy atom. The van der Waals surface area contributed by atoms with Crippen molar-refractivity contribution in [2.24, 2.45) is 0 Å². The van der Waals surface area contributed by atoms with Gasteiger partial charge in [-0.05, 0) is 60.9 Å². The second-order valence-electron chi connectivity index (χ2n) is 7.11. The summed E-state index contributed by atoms with van der Waals surface area (Å²) in [6, 6.07) is 15.7.